The van der Waals surface area contributed by atoms with Crippen LogP contribution >= 0.6 is 0 Å². The minimum Gasteiger partial charge on any atom is -0.212 e. The monoisotopic (exact) mass is 298 g/mol. The highest BCUT2D eigenvalue weighted by molar-refractivity contribution is 7.89. The first kappa shape index (κ1) is 15.8. The van der Waals surface area contributed by atoms with E-state index in [1.54, 1.807) is 11.4 Å². The van der Waals surface area contributed by atoms with Crippen molar-refractivity contribution in [3.63, 3.8) is 0 Å². The van der Waals surface area contributed by atoms with Crippen molar-refractivity contribution in [2.45, 2.75) is 58.9 Å². The molecule has 0 N–H and O–H groups in total. The van der Waals surface area contributed by atoms with Crippen LogP contribution in [0.25, 0.3) is 0 Å². The molecule has 0 bridgehead atoms. The Hall–Kier alpha value is -0.600. The van der Waals surface area contributed by atoms with Gasteiger partial charge in [-0.05, 0) is 37.0 Å². The van der Waals surface area contributed by atoms with Crippen LogP contribution in [0.2, 0.25) is 0 Å². The van der Waals surface area contributed by atoms with Crippen molar-refractivity contribution >= 4 is 10.0 Å². The van der Waals surface area contributed by atoms with Gasteiger partial charge in [-0.15, -0.1) is 0 Å². The molecule has 2 atom stereocenters. The molecule has 2 saturated carbocycles. The molecule has 0 aliphatic heterocycles. The molecule has 0 amide bonds. The number of rotatable bonds is 4. The molecule has 0 aromatic rings. The highest BCUT2D eigenvalue weighted by atomic mass is 32.2. The number of hydrogen-bond donors (Lipinski definition) is 0. The van der Waals surface area contributed by atoms with E-state index in [9.17, 15) is 8.42 Å². The van der Waals surface area contributed by atoms with E-state index in [2.05, 4.69) is 26.8 Å². The van der Waals surface area contributed by atoms with Gasteiger partial charge in [0.1, 0.15) is 0 Å². The zero-order chi connectivity index (χ0) is 15.2. The molecule has 2 unspecified atom stereocenters. The fourth-order valence-corrected chi connectivity index (χ4v) is 5.40. The van der Waals surface area contributed by atoms with Gasteiger partial charge in [0, 0.05) is 13.1 Å². The third-order valence-corrected chi connectivity index (χ3v) is 7.11. The maximum absolute atomic E-state index is 12.6. The highest BCUT2D eigenvalue weighted by Crippen LogP contribution is 2.47. The van der Waals surface area contributed by atoms with Gasteiger partial charge in [0.2, 0.25) is 10.0 Å². The fraction of sp³-hybridized carbons (Fsp3) is 0.933. The standard InChI is InChI=1S/C15H26N2O2S/c1-14(2,3)12-6-5-7-13(12)17(4)20(18,19)11-15(10-16)8-9-15/h12-13H,5-9,11H2,1-4H3. The quantitative estimate of drug-likeness (QED) is 0.801. The van der Waals surface area contributed by atoms with Crippen molar-refractivity contribution in [2.24, 2.45) is 16.7 Å². The number of sulfonamides is 1. The fourth-order valence-electron chi connectivity index (χ4n) is 3.48. The number of nitriles is 1. The van der Waals surface area contributed by atoms with Crippen LogP contribution in [0.15, 0.2) is 0 Å². The topological polar surface area (TPSA) is 61.2 Å². The molecule has 2 aliphatic carbocycles. The summed E-state index contributed by atoms with van der Waals surface area (Å²) in [4.78, 5) is 0. The molecule has 2 aliphatic rings. The summed E-state index contributed by atoms with van der Waals surface area (Å²) in [6, 6.07) is 2.28. The first-order valence-electron chi connectivity index (χ1n) is 7.48. The van der Waals surface area contributed by atoms with Crippen LogP contribution in [0, 0.1) is 28.1 Å². The Bertz CT molecular complexity index is 509. The average molecular weight is 298 g/mol. The molecule has 4 nitrogen and oxygen atoms in total. The second-order valence-corrected chi connectivity index (χ2v) is 9.66. The Labute approximate surface area is 123 Å². The maximum atomic E-state index is 12.6. The van der Waals surface area contributed by atoms with E-state index in [1.807, 2.05) is 0 Å². The van der Waals surface area contributed by atoms with E-state index in [0.717, 1.165) is 32.1 Å². The van der Waals surface area contributed by atoms with Gasteiger partial charge in [0.25, 0.3) is 0 Å². The van der Waals surface area contributed by atoms with Crippen molar-refractivity contribution < 1.29 is 8.42 Å². The van der Waals surface area contributed by atoms with Crippen LogP contribution in [0.4, 0.5) is 0 Å². The molecule has 0 spiro atoms. The molecule has 20 heavy (non-hydrogen) atoms. The number of hydrogen-bond acceptors (Lipinski definition) is 3. The van der Waals surface area contributed by atoms with Gasteiger partial charge in [-0.25, -0.2) is 12.7 Å². The van der Waals surface area contributed by atoms with E-state index in [4.69, 9.17) is 5.26 Å². The second kappa shape index (κ2) is 4.99. The molecule has 0 radical (unpaired) electrons. The summed E-state index contributed by atoms with van der Waals surface area (Å²) in [7, 11) is -1.63. The Morgan fingerprint density at radius 3 is 2.35 bits per heavy atom. The van der Waals surface area contributed by atoms with Crippen LogP contribution in [0.3, 0.4) is 0 Å². The lowest BCUT2D eigenvalue weighted by Gasteiger charge is -2.37. The molecule has 2 fully saturated rings. The van der Waals surface area contributed by atoms with Gasteiger partial charge in [0.05, 0.1) is 17.2 Å². The van der Waals surface area contributed by atoms with Gasteiger partial charge < -0.3 is 0 Å². The molecule has 0 aromatic carbocycles. The first-order chi connectivity index (χ1) is 9.11. The second-order valence-electron chi connectivity index (χ2n) is 7.64. The van der Waals surface area contributed by atoms with Crippen LogP contribution in [0.5, 0.6) is 0 Å². The van der Waals surface area contributed by atoms with Crippen molar-refractivity contribution in [1.29, 1.82) is 5.26 Å². The van der Waals surface area contributed by atoms with Crippen molar-refractivity contribution in [2.75, 3.05) is 12.8 Å². The summed E-state index contributed by atoms with van der Waals surface area (Å²) >= 11 is 0. The van der Waals surface area contributed by atoms with E-state index < -0.39 is 15.4 Å². The Balaban J connectivity index is 2.14. The summed E-state index contributed by atoms with van der Waals surface area (Å²) in [6.45, 7) is 6.57. The molecule has 5 heteroatoms. The summed E-state index contributed by atoms with van der Waals surface area (Å²) in [5.74, 6) is 0.403. The van der Waals surface area contributed by atoms with Gasteiger partial charge >= 0.3 is 0 Å². The summed E-state index contributed by atoms with van der Waals surface area (Å²) < 4.78 is 26.7. The Morgan fingerprint density at radius 2 is 1.90 bits per heavy atom. The van der Waals surface area contributed by atoms with Gasteiger partial charge in [-0.2, -0.15) is 5.26 Å². The van der Waals surface area contributed by atoms with Gasteiger partial charge in [-0.3, -0.25) is 0 Å². The molecular formula is C15H26N2O2S. The Morgan fingerprint density at radius 1 is 1.30 bits per heavy atom. The molecule has 114 valence electrons. The molecule has 0 saturated heterocycles. The zero-order valence-corrected chi connectivity index (χ0v) is 13.8. The highest BCUT2D eigenvalue weighted by Gasteiger charge is 2.49. The predicted octanol–water partition coefficient (Wildman–Crippen LogP) is 2.77. The molecular weight excluding hydrogens is 272 g/mol. The average Bonchev–Trinajstić information content (AvgIpc) is 2.91. The van der Waals surface area contributed by atoms with Crippen LogP contribution < -0.4 is 0 Å². The Kier molecular flexibility index (Phi) is 3.94. The van der Waals surface area contributed by atoms with Gasteiger partial charge in [0.15, 0.2) is 0 Å². The van der Waals surface area contributed by atoms with E-state index in [-0.39, 0.29) is 17.2 Å². The predicted molar refractivity (Wildman–Crippen MR) is 79.4 cm³/mol. The summed E-state index contributed by atoms with van der Waals surface area (Å²) in [5.41, 5.74) is -0.472. The van der Waals surface area contributed by atoms with Crippen LogP contribution in [0.1, 0.15) is 52.9 Å². The largest absolute Gasteiger partial charge is 0.215 e. The molecule has 2 rings (SSSR count). The summed E-state index contributed by atoms with van der Waals surface area (Å²) in [6.07, 6.45) is 4.58. The van der Waals surface area contributed by atoms with E-state index in [1.165, 1.54) is 0 Å². The molecule has 0 heterocycles. The van der Waals surface area contributed by atoms with Crippen molar-refractivity contribution in [3.8, 4) is 6.07 Å². The van der Waals surface area contributed by atoms with E-state index in [0.29, 0.717) is 5.92 Å². The minimum absolute atomic E-state index is 0.000360. The summed E-state index contributed by atoms with van der Waals surface area (Å²) in [5, 5.41) is 9.12. The van der Waals surface area contributed by atoms with Crippen molar-refractivity contribution in [1.82, 2.24) is 4.31 Å². The third-order valence-electron chi connectivity index (χ3n) is 5.05. The smallest absolute Gasteiger partial charge is 0.212 e. The lowest BCUT2D eigenvalue weighted by Crippen LogP contribution is -2.45. The third kappa shape index (κ3) is 3.01. The normalized spacial score (nSPS) is 29.4. The lowest BCUT2D eigenvalue weighted by molar-refractivity contribution is 0.167. The zero-order valence-electron chi connectivity index (χ0n) is 13.0. The van der Waals surface area contributed by atoms with Crippen LogP contribution in [-0.2, 0) is 10.0 Å². The van der Waals surface area contributed by atoms with Crippen LogP contribution in [-0.4, -0.2) is 31.6 Å². The first-order valence-corrected chi connectivity index (χ1v) is 9.09. The van der Waals surface area contributed by atoms with Gasteiger partial charge in [-0.1, -0.05) is 27.2 Å². The minimum atomic E-state index is -3.33. The van der Waals surface area contributed by atoms with Crippen molar-refractivity contribution in [3.05, 3.63) is 0 Å². The maximum Gasteiger partial charge on any atom is 0.215 e. The SMILES string of the molecule is CN(C1CCCC1C(C)(C)C)S(=O)(=O)CC1(C#N)CC1. The molecule has 0 aromatic heterocycles. The lowest BCUT2D eigenvalue weighted by atomic mass is 9.77. The number of nitrogens with zero attached hydrogens (tertiary/aromatic N) is 2. The van der Waals surface area contributed by atoms with E-state index >= 15 is 0 Å².